The summed E-state index contributed by atoms with van der Waals surface area (Å²) in [7, 11) is 0. The fourth-order valence-electron chi connectivity index (χ4n) is 4.55. The number of amides is 1. The first-order valence-corrected chi connectivity index (χ1v) is 12.1. The third kappa shape index (κ3) is 5.18. The van der Waals surface area contributed by atoms with E-state index in [0.717, 1.165) is 16.7 Å². The second-order valence-electron chi connectivity index (χ2n) is 9.14. The van der Waals surface area contributed by atoms with Gasteiger partial charge in [-0.05, 0) is 72.1 Å². The molecule has 0 saturated carbocycles. The number of benzene rings is 3. The standard InChI is InChI=1S/C31H25FN2O4/c1-20-3-2-4-22(17-20)19-38-26-11-7-24(8-12-26)29(35)27-28(23-5-9-25(32)10-6-23)34(31(37)30(27)36)18-21-13-15-33-16-14-21/h2-17,28,35H,18-19H2,1H3/t28-/m1/s1. The number of ether oxygens (including phenoxy) is 1. The molecule has 1 fully saturated rings. The number of rotatable bonds is 7. The number of aryl methyl sites for hydroxylation is 1. The summed E-state index contributed by atoms with van der Waals surface area (Å²) in [6, 6.07) is 22.8. The molecular weight excluding hydrogens is 483 g/mol. The van der Waals surface area contributed by atoms with Gasteiger partial charge in [0.05, 0.1) is 11.6 Å². The van der Waals surface area contributed by atoms with Crippen LogP contribution in [-0.2, 0) is 22.7 Å². The summed E-state index contributed by atoms with van der Waals surface area (Å²) in [4.78, 5) is 31.7. The van der Waals surface area contributed by atoms with Gasteiger partial charge in [-0.25, -0.2) is 4.39 Å². The summed E-state index contributed by atoms with van der Waals surface area (Å²) in [6.45, 7) is 2.52. The van der Waals surface area contributed by atoms with Crippen LogP contribution in [0.2, 0.25) is 0 Å². The van der Waals surface area contributed by atoms with Gasteiger partial charge in [0, 0.05) is 24.5 Å². The van der Waals surface area contributed by atoms with E-state index in [2.05, 4.69) is 4.98 Å². The Hall–Kier alpha value is -4.78. The van der Waals surface area contributed by atoms with Gasteiger partial charge in [-0.1, -0.05) is 42.0 Å². The number of ketones is 1. The first kappa shape index (κ1) is 24.9. The molecule has 1 amide bonds. The van der Waals surface area contributed by atoms with E-state index >= 15 is 0 Å². The molecule has 0 radical (unpaired) electrons. The molecule has 4 aromatic rings. The van der Waals surface area contributed by atoms with Crippen molar-refractivity contribution in [1.29, 1.82) is 0 Å². The minimum atomic E-state index is -0.888. The Balaban J connectivity index is 1.47. The minimum Gasteiger partial charge on any atom is -0.507 e. The zero-order valence-electron chi connectivity index (χ0n) is 20.7. The normalized spacial score (nSPS) is 16.6. The van der Waals surface area contributed by atoms with Crippen LogP contribution in [0.1, 0.15) is 33.9 Å². The Kier molecular flexibility index (Phi) is 7.00. The van der Waals surface area contributed by atoms with Gasteiger partial charge in [-0.3, -0.25) is 14.6 Å². The van der Waals surface area contributed by atoms with E-state index in [9.17, 15) is 19.1 Å². The molecule has 7 heteroatoms. The molecule has 38 heavy (non-hydrogen) atoms. The lowest BCUT2D eigenvalue weighted by molar-refractivity contribution is -0.140. The highest BCUT2D eigenvalue weighted by molar-refractivity contribution is 6.46. The molecule has 3 aromatic carbocycles. The molecule has 190 valence electrons. The van der Waals surface area contributed by atoms with E-state index in [1.807, 2.05) is 31.2 Å². The molecule has 1 atom stereocenters. The molecule has 1 aromatic heterocycles. The summed E-state index contributed by atoms with van der Waals surface area (Å²) in [5.41, 5.74) is 3.77. The third-order valence-corrected chi connectivity index (χ3v) is 6.44. The van der Waals surface area contributed by atoms with Crippen molar-refractivity contribution < 1.29 is 23.8 Å². The maximum Gasteiger partial charge on any atom is 0.295 e. The number of carbonyl (C=O) groups is 2. The lowest BCUT2D eigenvalue weighted by atomic mass is 9.95. The average Bonchev–Trinajstić information content (AvgIpc) is 3.18. The predicted molar refractivity (Wildman–Crippen MR) is 140 cm³/mol. The van der Waals surface area contributed by atoms with E-state index in [4.69, 9.17) is 4.74 Å². The van der Waals surface area contributed by atoms with Crippen molar-refractivity contribution in [3.8, 4) is 5.75 Å². The van der Waals surface area contributed by atoms with Gasteiger partial charge >= 0.3 is 0 Å². The number of pyridine rings is 1. The maximum atomic E-state index is 13.7. The smallest absolute Gasteiger partial charge is 0.295 e. The van der Waals surface area contributed by atoms with Crippen molar-refractivity contribution in [2.75, 3.05) is 0 Å². The number of halogens is 1. The Morgan fingerprint density at radius 1 is 0.947 bits per heavy atom. The lowest BCUT2D eigenvalue weighted by Gasteiger charge is -2.25. The van der Waals surface area contributed by atoms with Gasteiger partial charge in [0.2, 0.25) is 0 Å². The van der Waals surface area contributed by atoms with Crippen LogP contribution in [0.5, 0.6) is 5.75 Å². The molecule has 1 aliphatic heterocycles. The molecule has 1 saturated heterocycles. The molecule has 0 unspecified atom stereocenters. The molecular formula is C31H25FN2O4. The van der Waals surface area contributed by atoms with Crippen molar-refractivity contribution in [3.05, 3.63) is 137 Å². The summed E-state index contributed by atoms with van der Waals surface area (Å²) in [6.07, 6.45) is 3.20. The van der Waals surface area contributed by atoms with E-state index in [-0.39, 0.29) is 17.9 Å². The van der Waals surface area contributed by atoms with Crippen molar-refractivity contribution in [2.45, 2.75) is 26.1 Å². The number of aliphatic hydroxyl groups excluding tert-OH is 1. The number of hydrogen-bond acceptors (Lipinski definition) is 5. The fraction of sp³-hybridized carbons (Fsp3) is 0.129. The van der Waals surface area contributed by atoms with Crippen LogP contribution in [-0.4, -0.2) is 26.7 Å². The Morgan fingerprint density at radius 3 is 2.34 bits per heavy atom. The van der Waals surface area contributed by atoms with Crippen LogP contribution in [0.3, 0.4) is 0 Å². The van der Waals surface area contributed by atoms with Gasteiger partial charge < -0.3 is 14.7 Å². The topological polar surface area (TPSA) is 79.7 Å². The van der Waals surface area contributed by atoms with Crippen LogP contribution in [0.15, 0.2) is 103 Å². The Labute approximate surface area is 219 Å². The Bertz CT molecular complexity index is 1500. The first-order valence-electron chi connectivity index (χ1n) is 12.1. The van der Waals surface area contributed by atoms with Crippen LogP contribution in [0, 0.1) is 12.7 Å². The quantitative estimate of drug-likeness (QED) is 0.196. The van der Waals surface area contributed by atoms with Crippen molar-refractivity contribution in [1.82, 2.24) is 9.88 Å². The molecule has 0 bridgehead atoms. The Morgan fingerprint density at radius 2 is 1.66 bits per heavy atom. The number of likely N-dealkylation sites (tertiary alicyclic amines) is 1. The van der Waals surface area contributed by atoms with Crippen molar-refractivity contribution in [2.24, 2.45) is 0 Å². The molecule has 0 aliphatic carbocycles. The maximum absolute atomic E-state index is 13.7. The number of hydrogen-bond donors (Lipinski definition) is 1. The van der Waals surface area contributed by atoms with Gasteiger partial charge in [-0.2, -0.15) is 0 Å². The average molecular weight is 509 g/mol. The predicted octanol–water partition coefficient (Wildman–Crippen LogP) is 5.73. The van der Waals surface area contributed by atoms with E-state index in [1.54, 1.807) is 48.8 Å². The lowest BCUT2D eigenvalue weighted by Crippen LogP contribution is -2.29. The summed E-state index contributed by atoms with van der Waals surface area (Å²) in [5, 5.41) is 11.3. The second-order valence-corrected chi connectivity index (χ2v) is 9.14. The monoisotopic (exact) mass is 508 g/mol. The summed E-state index contributed by atoms with van der Waals surface area (Å²) in [5.74, 6) is -1.70. The number of nitrogens with zero attached hydrogens (tertiary/aromatic N) is 2. The SMILES string of the molecule is Cc1cccc(COc2ccc(C(O)=C3C(=O)C(=O)N(Cc4ccncc4)[C@@H]3c3ccc(F)cc3)cc2)c1. The van der Waals surface area contributed by atoms with Gasteiger partial charge in [0.25, 0.3) is 11.7 Å². The van der Waals surface area contributed by atoms with Crippen LogP contribution >= 0.6 is 0 Å². The molecule has 6 nitrogen and oxygen atoms in total. The number of carbonyl (C=O) groups excluding carboxylic acids is 2. The molecule has 0 spiro atoms. The van der Waals surface area contributed by atoms with E-state index in [0.29, 0.717) is 23.5 Å². The number of aliphatic hydroxyl groups is 1. The third-order valence-electron chi connectivity index (χ3n) is 6.44. The number of Topliss-reactive ketones (excluding diaryl/α,β-unsaturated/α-hetero) is 1. The van der Waals surface area contributed by atoms with Crippen molar-refractivity contribution in [3.63, 3.8) is 0 Å². The second kappa shape index (κ2) is 10.7. The zero-order chi connectivity index (χ0) is 26.6. The molecule has 2 heterocycles. The zero-order valence-corrected chi connectivity index (χ0v) is 20.7. The van der Waals surface area contributed by atoms with Crippen LogP contribution in [0.25, 0.3) is 5.76 Å². The molecule has 5 rings (SSSR count). The largest absolute Gasteiger partial charge is 0.507 e. The highest BCUT2D eigenvalue weighted by atomic mass is 19.1. The van der Waals surface area contributed by atoms with Gasteiger partial charge in [0.15, 0.2) is 0 Å². The minimum absolute atomic E-state index is 0.0518. The summed E-state index contributed by atoms with van der Waals surface area (Å²) >= 11 is 0. The van der Waals surface area contributed by atoms with Crippen LogP contribution in [0.4, 0.5) is 4.39 Å². The fourth-order valence-corrected chi connectivity index (χ4v) is 4.55. The molecule has 1 aliphatic rings. The highest BCUT2D eigenvalue weighted by Crippen LogP contribution is 2.40. The highest BCUT2D eigenvalue weighted by Gasteiger charge is 2.46. The summed E-state index contributed by atoms with van der Waals surface area (Å²) < 4.78 is 19.6. The van der Waals surface area contributed by atoms with Crippen LogP contribution < -0.4 is 4.74 Å². The van der Waals surface area contributed by atoms with Gasteiger partial charge in [0.1, 0.15) is 23.9 Å². The number of aromatic nitrogens is 1. The van der Waals surface area contributed by atoms with E-state index in [1.165, 1.54) is 29.2 Å². The van der Waals surface area contributed by atoms with Gasteiger partial charge in [-0.15, -0.1) is 0 Å². The van der Waals surface area contributed by atoms with E-state index < -0.39 is 23.5 Å². The van der Waals surface area contributed by atoms with Crippen molar-refractivity contribution >= 4 is 17.4 Å². The molecule has 1 N–H and O–H groups in total. The first-order chi connectivity index (χ1) is 18.4.